The average Bonchev–Trinajstić information content (AvgIpc) is 2.67. The molecule has 0 N–H and O–H groups in total. The third-order valence-corrected chi connectivity index (χ3v) is 4.18. The van der Waals surface area contributed by atoms with Crippen LogP contribution in [0, 0.1) is 0 Å². The lowest BCUT2D eigenvalue weighted by Gasteiger charge is -2.21. The second kappa shape index (κ2) is 9.94. The Balaban J connectivity index is 2.07. The Morgan fingerprint density at radius 3 is 2.30 bits per heavy atom. The lowest BCUT2D eigenvalue weighted by Crippen LogP contribution is -2.39. The van der Waals surface area contributed by atoms with Gasteiger partial charge in [-0.3, -0.25) is 14.5 Å². The van der Waals surface area contributed by atoms with Crippen molar-refractivity contribution in [3.8, 4) is 0 Å². The monoisotopic (exact) mass is 409 g/mol. The fraction of sp³-hybridized carbons (Fsp3) is 0.211. The molecule has 2 rings (SSSR count). The fourth-order valence-corrected chi connectivity index (χ4v) is 2.48. The number of ether oxygens (including phenoxy) is 2. The van der Waals surface area contributed by atoms with E-state index in [4.69, 9.17) is 32.7 Å². The Kier molecular flexibility index (Phi) is 7.64. The van der Waals surface area contributed by atoms with E-state index in [9.17, 15) is 14.4 Å². The van der Waals surface area contributed by atoms with Crippen molar-refractivity contribution in [1.29, 1.82) is 0 Å². The van der Waals surface area contributed by atoms with E-state index in [2.05, 4.69) is 0 Å². The van der Waals surface area contributed by atoms with E-state index in [1.54, 1.807) is 37.3 Å². The molecule has 0 atom stereocenters. The quantitative estimate of drug-likeness (QED) is 0.651. The van der Waals surface area contributed by atoms with Crippen LogP contribution in [-0.2, 0) is 19.1 Å². The van der Waals surface area contributed by atoms with Gasteiger partial charge in [0.2, 0.25) is 0 Å². The summed E-state index contributed by atoms with van der Waals surface area (Å²) in [5, 5.41) is 0.500. The normalized spacial score (nSPS) is 10.2. The van der Waals surface area contributed by atoms with Gasteiger partial charge in [0.05, 0.1) is 22.2 Å². The number of carbonyl (C=O) groups is 3. The molecular formula is C19H17Cl2NO5. The van der Waals surface area contributed by atoms with E-state index in [0.29, 0.717) is 10.7 Å². The Bertz CT molecular complexity index is 826. The van der Waals surface area contributed by atoms with Crippen LogP contribution in [0.25, 0.3) is 0 Å². The molecule has 0 bridgehead atoms. The number of rotatable bonds is 7. The molecule has 8 heteroatoms. The van der Waals surface area contributed by atoms with Gasteiger partial charge in [-0.25, -0.2) is 4.79 Å². The van der Waals surface area contributed by atoms with Crippen LogP contribution in [0.4, 0.5) is 5.69 Å². The van der Waals surface area contributed by atoms with Crippen LogP contribution in [0.1, 0.15) is 17.3 Å². The minimum absolute atomic E-state index is 0.161. The molecule has 0 saturated heterocycles. The number of carbonyl (C=O) groups excluding carboxylic acids is 3. The first-order chi connectivity index (χ1) is 12.9. The zero-order valence-corrected chi connectivity index (χ0v) is 16.0. The van der Waals surface area contributed by atoms with Crippen LogP contribution in [0.2, 0.25) is 10.0 Å². The van der Waals surface area contributed by atoms with Gasteiger partial charge in [-0.2, -0.15) is 0 Å². The van der Waals surface area contributed by atoms with Crippen LogP contribution in [0.15, 0.2) is 48.5 Å². The van der Waals surface area contributed by atoms with Crippen LogP contribution in [-0.4, -0.2) is 37.6 Å². The van der Waals surface area contributed by atoms with Crippen molar-refractivity contribution in [3.63, 3.8) is 0 Å². The third kappa shape index (κ3) is 5.98. The molecule has 0 aliphatic carbocycles. The summed E-state index contributed by atoms with van der Waals surface area (Å²) < 4.78 is 9.94. The zero-order chi connectivity index (χ0) is 19.8. The minimum atomic E-state index is -0.730. The number of benzene rings is 2. The fourth-order valence-electron chi connectivity index (χ4n) is 2.18. The third-order valence-electron chi connectivity index (χ3n) is 3.44. The van der Waals surface area contributed by atoms with Crippen LogP contribution in [0.3, 0.4) is 0 Å². The molecule has 1 amide bonds. The predicted octanol–water partition coefficient (Wildman–Crippen LogP) is 3.75. The van der Waals surface area contributed by atoms with Crippen molar-refractivity contribution >= 4 is 46.7 Å². The van der Waals surface area contributed by atoms with Crippen LogP contribution < -0.4 is 4.90 Å². The highest BCUT2D eigenvalue weighted by atomic mass is 35.5. The van der Waals surface area contributed by atoms with E-state index in [1.807, 2.05) is 0 Å². The van der Waals surface area contributed by atoms with Gasteiger partial charge in [-0.1, -0.05) is 41.4 Å². The number of amides is 1. The maximum absolute atomic E-state index is 12.5. The molecule has 0 radical (unpaired) electrons. The summed E-state index contributed by atoms with van der Waals surface area (Å²) in [4.78, 5) is 37.6. The molecule has 142 valence electrons. The van der Waals surface area contributed by atoms with Crippen molar-refractivity contribution in [2.75, 3.05) is 24.7 Å². The number of nitrogens with zero attached hydrogens (tertiary/aromatic N) is 1. The van der Waals surface area contributed by atoms with E-state index in [-0.39, 0.29) is 23.7 Å². The maximum atomic E-state index is 12.5. The molecule has 2 aromatic rings. The number of halogens is 2. The Hall–Kier alpha value is -2.57. The highest BCUT2D eigenvalue weighted by Crippen LogP contribution is 2.23. The molecule has 6 nitrogen and oxygen atoms in total. The molecule has 27 heavy (non-hydrogen) atoms. The average molecular weight is 410 g/mol. The molecule has 0 aliphatic heterocycles. The summed E-state index contributed by atoms with van der Waals surface area (Å²) in [7, 11) is 0. The number of hydrogen-bond donors (Lipinski definition) is 0. The smallest absolute Gasteiger partial charge is 0.338 e. The highest BCUT2D eigenvalue weighted by Gasteiger charge is 2.21. The number of anilines is 1. The first kappa shape index (κ1) is 20.7. The summed E-state index contributed by atoms with van der Waals surface area (Å²) in [5.41, 5.74) is 0.648. The Morgan fingerprint density at radius 2 is 1.67 bits per heavy atom. The summed E-state index contributed by atoms with van der Waals surface area (Å²) in [5.74, 6) is -1.86. The van der Waals surface area contributed by atoms with E-state index >= 15 is 0 Å². The van der Waals surface area contributed by atoms with Gasteiger partial charge in [-0.15, -0.1) is 0 Å². The molecular weight excluding hydrogens is 393 g/mol. The molecule has 0 spiro atoms. The molecule has 0 saturated carbocycles. The molecule has 0 unspecified atom stereocenters. The van der Waals surface area contributed by atoms with Gasteiger partial charge < -0.3 is 9.47 Å². The summed E-state index contributed by atoms with van der Waals surface area (Å²) in [6.45, 7) is 1.03. The number of para-hydroxylation sites is 1. The largest absolute Gasteiger partial charge is 0.465 e. The summed E-state index contributed by atoms with van der Waals surface area (Å²) >= 11 is 11.7. The van der Waals surface area contributed by atoms with Crippen molar-refractivity contribution in [2.24, 2.45) is 0 Å². The number of esters is 2. The first-order valence-corrected chi connectivity index (χ1v) is 8.81. The number of hydrogen-bond acceptors (Lipinski definition) is 5. The van der Waals surface area contributed by atoms with Gasteiger partial charge in [0, 0.05) is 5.69 Å². The second-order valence-corrected chi connectivity index (χ2v) is 6.14. The lowest BCUT2D eigenvalue weighted by atomic mass is 10.2. The summed E-state index contributed by atoms with van der Waals surface area (Å²) in [6, 6.07) is 12.8. The van der Waals surface area contributed by atoms with Crippen LogP contribution in [0.5, 0.6) is 0 Å². The first-order valence-electron chi connectivity index (χ1n) is 8.05. The van der Waals surface area contributed by atoms with Gasteiger partial charge in [0.15, 0.2) is 6.61 Å². The molecule has 0 aromatic heterocycles. The van der Waals surface area contributed by atoms with Gasteiger partial charge in [0.25, 0.3) is 5.91 Å². The van der Waals surface area contributed by atoms with E-state index in [1.165, 1.54) is 23.1 Å². The molecule has 0 fully saturated rings. The summed E-state index contributed by atoms with van der Waals surface area (Å²) in [6.07, 6.45) is 0. The standard InChI is InChI=1S/C19H17Cl2NO5/c1-2-26-18(24)11-22(14-6-4-3-5-7-14)17(23)12-27-19(25)13-8-9-15(20)16(21)10-13/h3-10H,2,11-12H2,1H3. The highest BCUT2D eigenvalue weighted by molar-refractivity contribution is 6.42. The topological polar surface area (TPSA) is 72.9 Å². The van der Waals surface area contributed by atoms with E-state index < -0.39 is 24.5 Å². The lowest BCUT2D eigenvalue weighted by molar-refractivity contribution is -0.142. The zero-order valence-electron chi connectivity index (χ0n) is 14.5. The van der Waals surface area contributed by atoms with E-state index in [0.717, 1.165) is 0 Å². The van der Waals surface area contributed by atoms with Crippen LogP contribution >= 0.6 is 23.2 Å². The van der Waals surface area contributed by atoms with Crippen molar-refractivity contribution in [3.05, 3.63) is 64.1 Å². The minimum Gasteiger partial charge on any atom is -0.465 e. The van der Waals surface area contributed by atoms with Crippen molar-refractivity contribution < 1.29 is 23.9 Å². The molecule has 0 heterocycles. The van der Waals surface area contributed by atoms with Crippen molar-refractivity contribution in [1.82, 2.24) is 0 Å². The Labute approximate surface area is 166 Å². The predicted molar refractivity (Wildman–Crippen MR) is 102 cm³/mol. The van der Waals surface area contributed by atoms with Gasteiger partial charge in [0.1, 0.15) is 6.54 Å². The van der Waals surface area contributed by atoms with Gasteiger partial charge >= 0.3 is 11.9 Å². The maximum Gasteiger partial charge on any atom is 0.338 e. The Morgan fingerprint density at radius 1 is 0.963 bits per heavy atom. The SMILES string of the molecule is CCOC(=O)CN(C(=O)COC(=O)c1ccc(Cl)c(Cl)c1)c1ccccc1. The van der Waals surface area contributed by atoms with Crippen molar-refractivity contribution in [2.45, 2.75) is 6.92 Å². The second-order valence-electron chi connectivity index (χ2n) is 5.33. The van der Waals surface area contributed by atoms with Gasteiger partial charge in [-0.05, 0) is 37.3 Å². The molecule has 2 aromatic carbocycles. The molecule has 0 aliphatic rings.